The summed E-state index contributed by atoms with van der Waals surface area (Å²) in [5, 5.41) is 0. The summed E-state index contributed by atoms with van der Waals surface area (Å²) in [4.78, 5) is 14.7. The molecule has 0 saturated heterocycles. The molecule has 0 unspecified atom stereocenters. The van der Waals surface area contributed by atoms with E-state index < -0.39 is 0 Å². The Kier molecular flexibility index (Phi) is 1.89. The fourth-order valence-electron chi connectivity index (χ4n) is 1.08. The molecule has 2 heterocycles. The minimum atomic E-state index is 0. The third kappa shape index (κ3) is 0.883. The molecular formula is C6H7BrN2O. The molecule has 54 valence electrons. The van der Waals surface area contributed by atoms with Crippen LogP contribution in [0.5, 0.6) is 0 Å². The van der Waals surface area contributed by atoms with Gasteiger partial charge in [-0.2, -0.15) is 0 Å². The number of rotatable bonds is 0. The van der Waals surface area contributed by atoms with Crippen molar-refractivity contribution >= 4 is 22.8 Å². The number of Topliss-reactive ketones (excluding diaryl/α,β-unsaturated/α-hetero) is 1. The molecule has 0 N–H and O–H groups in total. The quantitative estimate of drug-likeness (QED) is 0.631. The maximum Gasteiger partial charge on any atom is 0.182 e. The van der Waals surface area contributed by atoms with Crippen molar-refractivity contribution in [1.82, 2.24) is 9.55 Å². The van der Waals surface area contributed by atoms with Gasteiger partial charge in [0.15, 0.2) is 5.78 Å². The first-order valence-corrected chi connectivity index (χ1v) is 2.91. The average molecular weight is 203 g/mol. The van der Waals surface area contributed by atoms with Crippen molar-refractivity contribution in [2.45, 2.75) is 13.0 Å². The van der Waals surface area contributed by atoms with Gasteiger partial charge >= 0.3 is 0 Å². The first-order chi connectivity index (χ1) is 4.38. The molecule has 0 bridgehead atoms. The van der Waals surface area contributed by atoms with Crippen LogP contribution in [0.3, 0.4) is 0 Å². The van der Waals surface area contributed by atoms with Crippen LogP contribution < -0.4 is 0 Å². The molecule has 4 heteroatoms. The van der Waals surface area contributed by atoms with E-state index in [-0.39, 0.29) is 22.8 Å². The Morgan fingerprint density at radius 2 is 2.40 bits per heavy atom. The van der Waals surface area contributed by atoms with Gasteiger partial charge in [0.1, 0.15) is 5.69 Å². The van der Waals surface area contributed by atoms with Crippen LogP contribution in [-0.2, 0) is 6.54 Å². The highest BCUT2D eigenvalue weighted by molar-refractivity contribution is 8.93. The number of hydrogen-bond donors (Lipinski definition) is 0. The number of nitrogens with zero attached hydrogens (tertiary/aromatic N) is 2. The van der Waals surface area contributed by atoms with Crippen molar-refractivity contribution in [3.8, 4) is 0 Å². The second-order valence-corrected chi connectivity index (χ2v) is 2.15. The summed E-state index contributed by atoms with van der Waals surface area (Å²) in [7, 11) is 0. The fraction of sp³-hybridized carbons (Fsp3) is 0.333. The van der Waals surface area contributed by atoms with Crippen LogP contribution in [-0.4, -0.2) is 15.3 Å². The summed E-state index contributed by atoms with van der Waals surface area (Å²) >= 11 is 0. The summed E-state index contributed by atoms with van der Waals surface area (Å²) in [6.07, 6.45) is 3.97. The Morgan fingerprint density at radius 3 is 3.10 bits per heavy atom. The summed E-state index contributed by atoms with van der Waals surface area (Å²) in [5.74, 6) is 0.215. The summed E-state index contributed by atoms with van der Waals surface area (Å²) in [5.41, 5.74) is 0.759. The summed E-state index contributed by atoms with van der Waals surface area (Å²) in [6.45, 7) is 0.814. The Morgan fingerprint density at radius 1 is 1.60 bits per heavy atom. The molecule has 0 fully saturated rings. The maximum absolute atomic E-state index is 10.9. The van der Waals surface area contributed by atoms with Gasteiger partial charge in [0.05, 0.1) is 12.5 Å². The molecule has 1 aliphatic heterocycles. The highest BCUT2D eigenvalue weighted by atomic mass is 79.9. The van der Waals surface area contributed by atoms with E-state index in [0.717, 1.165) is 12.2 Å². The normalized spacial score (nSPS) is 14.6. The van der Waals surface area contributed by atoms with Crippen LogP contribution in [0.15, 0.2) is 12.5 Å². The van der Waals surface area contributed by atoms with Crippen LogP contribution >= 0.6 is 17.0 Å². The number of imidazole rings is 1. The minimum absolute atomic E-state index is 0. The molecule has 10 heavy (non-hydrogen) atoms. The van der Waals surface area contributed by atoms with Crippen molar-refractivity contribution in [2.75, 3.05) is 0 Å². The number of fused-ring (bicyclic) bond motifs is 1. The van der Waals surface area contributed by atoms with Gasteiger partial charge in [0, 0.05) is 13.0 Å². The number of aryl methyl sites for hydroxylation is 1. The lowest BCUT2D eigenvalue weighted by Crippen LogP contribution is -1.89. The Bertz CT molecular complexity index is 256. The van der Waals surface area contributed by atoms with Gasteiger partial charge in [-0.1, -0.05) is 0 Å². The second-order valence-electron chi connectivity index (χ2n) is 2.15. The molecule has 0 amide bonds. The maximum atomic E-state index is 10.9. The standard InChI is InChI=1S/C6H6N2O.BrH/c9-6-1-2-8-4-7-3-5(6)8;/h3-4H,1-2H2;1H. The number of aromatic nitrogens is 2. The smallest absolute Gasteiger partial charge is 0.182 e. The van der Waals surface area contributed by atoms with E-state index in [0.29, 0.717) is 6.42 Å². The molecule has 1 aliphatic rings. The van der Waals surface area contributed by atoms with Crippen LogP contribution in [0, 0.1) is 0 Å². The van der Waals surface area contributed by atoms with E-state index in [1.54, 1.807) is 12.5 Å². The van der Waals surface area contributed by atoms with Gasteiger partial charge in [0.25, 0.3) is 0 Å². The lowest BCUT2D eigenvalue weighted by Gasteiger charge is -1.86. The number of halogens is 1. The zero-order valence-electron chi connectivity index (χ0n) is 5.28. The summed E-state index contributed by atoms with van der Waals surface area (Å²) < 4.78 is 1.88. The highest BCUT2D eigenvalue weighted by Gasteiger charge is 2.17. The van der Waals surface area contributed by atoms with Gasteiger partial charge in [-0.15, -0.1) is 17.0 Å². The first kappa shape index (κ1) is 7.47. The van der Waals surface area contributed by atoms with E-state index in [2.05, 4.69) is 4.98 Å². The predicted octanol–water partition coefficient (Wildman–Crippen LogP) is 1.05. The van der Waals surface area contributed by atoms with Crippen LogP contribution in [0.25, 0.3) is 0 Å². The molecule has 3 nitrogen and oxygen atoms in total. The number of carbonyl (C=O) groups excluding carboxylic acids is 1. The Balaban J connectivity index is 0.000000500. The molecule has 0 aromatic carbocycles. The van der Waals surface area contributed by atoms with E-state index in [9.17, 15) is 4.79 Å². The molecule has 0 atom stereocenters. The highest BCUT2D eigenvalue weighted by Crippen LogP contribution is 2.11. The molecule has 1 aromatic heterocycles. The van der Waals surface area contributed by atoms with Crippen molar-refractivity contribution in [3.63, 3.8) is 0 Å². The van der Waals surface area contributed by atoms with Crippen molar-refractivity contribution in [1.29, 1.82) is 0 Å². The lowest BCUT2D eigenvalue weighted by atomic mass is 10.3. The number of hydrogen-bond acceptors (Lipinski definition) is 2. The largest absolute Gasteiger partial charge is 0.328 e. The fourth-order valence-corrected chi connectivity index (χ4v) is 1.08. The van der Waals surface area contributed by atoms with Gasteiger partial charge in [-0.05, 0) is 0 Å². The molecule has 1 aromatic rings. The molecule has 0 radical (unpaired) electrons. The Labute approximate surface area is 68.8 Å². The topological polar surface area (TPSA) is 34.9 Å². The van der Waals surface area contributed by atoms with Crippen molar-refractivity contribution < 1.29 is 4.79 Å². The van der Waals surface area contributed by atoms with Crippen LogP contribution in [0.1, 0.15) is 16.9 Å². The van der Waals surface area contributed by atoms with Crippen molar-refractivity contribution in [2.24, 2.45) is 0 Å². The number of carbonyl (C=O) groups is 1. The molecule has 0 aliphatic carbocycles. The zero-order chi connectivity index (χ0) is 6.27. The monoisotopic (exact) mass is 202 g/mol. The molecular weight excluding hydrogens is 196 g/mol. The van der Waals surface area contributed by atoms with E-state index in [1.165, 1.54) is 0 Å². The third-order valence-electron chi connectivity index (χ3n) is 1.58. The SMILES string of the molecule is Br.O=C1CCn2cncc21. The van der Waals surface area contributed by atoms with Gasteiger partial charge in [0.2, 0.25) is 0 Å². The van der Waals surface area contributed by atoms with E-state index >= 15 is 0 Å². The van der Waals surface area contributed by atoms with E-state index in [1.807, 2.05) is 4.57 Å². The predicted molar refractivity (Wildman–Crippen MR) is 41.5 cm³/mol. The molecule has 0 spiro atoms. The Hall–Kier alpha value is -0.640. The lowest BCUT2D eigenvalue weighted by molar-refractivity contribution is 0.0994. The first-order valence-electron chi connectivity index (χ1n) is 2.91. The summed E-state index contributed by atoms with van der Waals surface area (Å²) in [6, 6.07) is 0. The second kappa shape index (κ2) is 2.54. The van der Waals surface area contributed by atoms with Gasteiger partial charge in [-0.3, -0.25) is 4.79 Å². The average Bonchev–Trinajstić information content (AvgIpc) is 2.35. The molecule has 2 rings (SSSR count). The van der Waals surface area contributed by atoms with Gasteiger partial charge < -0.3 is 4.57 Å². The zero-order valence-corrected chi connectivity index (χ0v) is 6.99. The van der Waals surface area contributed by atoms with Crippen LogP contribution in [0.2, 0.25) is 0 Å². The van der Waals surface area contributed by atoms with Crippen molar-refractivity contribution in [3.05, 3.63) is 18.2 Å². The van der Waals surface area contributed by atoms with Gasteiger partial charge in [-0.25, -0.2) is 4.98 Å². The minimum Gasteiger partial charge on any atom is -0.328 e. The van der Waals surface area contributed by atoms with Crippen LogP contribution in [0.4, 0.5) is 0 Å². The third-order valence-corrected chi connectivity index (χ3v) is 1.58. The number of ketones is 1. The molecule has 0 saturated carbocycles. The van der Waals surface area contributed by atoms with E-state index in [4.69, 9.17) is 0 Å².